The molecule has 1 aromatic carbocycles. The molecule has 3 nitrogen and oxygen atoms in total. The molecule has 3 rings (SSSR count). The van der Waals surface area contributed by atoms with Crippen molar-refractivity contribution in [2.75, 3.05) is 38.1 Å². The van der Waals surface area contributed by atoms with Gasteiger partial charge in [0.25, 0.3) is 0 Å². The van der Waals surface area contributed by atoms with E-state index in [-0.39, 0.29) is 0 Å². The van der Waals surface area contributed by atoms with E-state index in [1.165, 1.54) is 56.6 Å². The number of nitrogens with one attached hydrogen (secondary N) is 1. The van der Waals surface area contributed by atoms with Crippen LogP contribution in [0.5, 0.6) is 5.75 Å². The number of piperidine rings is 1. The smallest absolute Gasteiger partial charge is 0.142 e. The molecule has 110 valence electrons. The maximum Gasteiger partial charge on any atom is 0.142 e. The van der Waals surface area contributed by atoms with Crippen LogP contribution in [0.25, 0.3) is 0 Å². The fourth-order valence-electron chi connectivity index (χ4n) is 3.34. The first-order valence-corrected chi connectivity index (χ1v) is 8.03. The van der Waals surface area contributed by atoms with Crippen LogP contribution in [0.1, 0.15) is 31.7 Å². The van der Waals surface area contributed by atoms with Crippen molar-refractivity contribution in [1.29, 1.82) is 0 Å². The second-order valence-corrected chi connectivity index (χ2v) is 6.26. The zero-order chi connectivity index (χ0) is 13.8. The second-order valence-electron chi connectivity index (χ2n) is 6.26. The Hall–Kier alpha value is -1.22. The largest absolute Gasteiger partial charge is 0.490 e. The Kier molecular flexibility index (Phi) is 4.46. The lowest BCUT2D eigenvalue weighted by Crippen LogP contribution is -2.35. The monoisotopic (exact) mass is 274 g/mol. The summed E-state index contributed by atoms with van der Waals surface area (Å²) >= 11 is 0. The SMILES string of the molecule is CC1CCCN(CCCc2ccc3c(c2)NCCO3)C1. The zero-order valence-corrected chi connectivity index (χ0v) is 12.5. The molecule has 0 radical (unpaired) electrons. The highest BCUT2D eigenvalue weighted by Crippen LogP contribution is 2.28. The molecule has 0 amide bonds. The van der Waals surface area contributed by atoms with Crippen molar-refractivity contribution < 1.29 is 4.74 Å². The lowest BCUT2D eigenvalue weighted by atomic mass is 10.00. The average Bonchev–Trinajstić information content (AvgIpc) is 2.47. The number of hydrogen-bond donors (Lipinski definition) is 1. The van der Waals surface area contributed by atoms with Crippen LogP contribution in [-0.2, 0) is 6.42 Å². The third-order valence-corrected chi connectivity index (χ3v) is 4.40. The predicted molar refractivity (Wildman–Crippen MR) is 83.6 cm³/mol. The summed E-state index contributed by atoms with van der Waals surface area (Å²) in [7, 11) is 0. The van der Waals surface area contributed by atoms with E-state index in [0.717, 1.165) is 24.8 Å². The van der Waals surface area contributed by atoms with Crippen LogP contribution in [0.3, 0.4) is 0 Å². The third kappa shape index (κ3) is 3.45. The summed E-state index contributed by atoms with van der Waals surface area (Å²) < 4.78 is 5.62. The van der Waals surface area contributed by atoms with E-state index in [1.54, 1.807) is 0 Å². The molecule has 0 aromatic heterocycles. The van der Waals surface area contributed by atoms with Gasteiger partial charge in [-0.2, -0.15) is 0 Å². The molecule has 2 aliphatic heterocycles. The molecule has 2 aliphatic rings. The highest BCUT2D eigenvalue weighted by Gasteiger charge is 2.15. The van der Waals surface area contributed by atoms with Crippen molar-refractivity contribution in [3.63, 3.8) is 0 Å². The predicted octanol–water partition coefficient (Wildman–Crippen LogP) is 3.16. The molecule has 1 N–H and O–H groups in total. The summed E-state index contributed by atoms with van der Waals surface area (Å²) in [5.41, 5.74) is 2.59. The van der Waals surface area contributed by atoms with Gasteiger partial charge in [-0.25, -0.2) is 0 Å². The molecular formula is C17H26N2O. The molecule has 1 unspecified atom stereocenters. The van der Waals surface area contributed by atoms with Gasteiger partial charge in [-0.05, 0) is 62.4 Å². The number of fused-ring (bicyclic) bond motifs is 1. The summed E-state index contributed by atoms with van der Waals surface area (Å²) in [6, 6.07) is 6.58. The summed E-state index contributed by atoms with van der Waals surface area (Å²) in [5, 5.41) is 3.41. The minimum absolute atomic E-state index is 0.777. The Labute approximate surface area is 122 Å². The standard InChI is InChI=1S/C17H26N2O/c1-14-4-2-9-19(13-14)10-3-5-15-6-7-17-16(12-15)18-8-11-20-17/h6-7,12,14,18H,2-5,8-11,13H2,1H3. The number of benzene rings is 1. The zero-order valence-electron chi connectivity index (χ0n) is 12.5. The fraction of sp³-hybridized carbons (Fsp3) is 0.647. The minimum atomic E-state index is 0.777. The number of anilines is 1. The van der Waals surface area contributed by atoms with Gasteiger partial charge in [0.05, 0.1) is 5.69 Å². The summed E-state index contributed by atoms with van der Waals surface area (Å²) in [6.45, 7) is 7.90. The first kappa shape index (κ1) is 13.7. The molecule has 1 fully saturated rings. The van der Waals surface area contributed by atoms with Crippen LogP contribution >= 0.6 is 0 Å². The number of rotatable bonds is 4. The molecule has 1 aromatic rings. The number of aryl methyl sites for hydroxylation is 1. The van der Waals surface area contributed by atoms with Crippen molar-refractivity contribution in [1.82, 2.24) is 4.90 Å². The average molecular weight is 274 g/mol. The van der Waals surface area contributed by atoms with Crippen LogP contribution in [0, 0.1) is 5.92 Å². The number of nitrogens with zero attached hydrogens (tertiary/aromatic N) is 1. The van der Waals surface area contributed by atoms with E-state index in [4.69, 9.17) is 4.74 Å². The van der Waals surface area contributed by atoms with Crippen molar-refractivity contribution in [3.05, 3.63) is 23.8 Å². The summed E-state index contributed by atoms with van der Waals surface area (Å²) in [4.78, 5) is 2.63. The molecular weight excluding hydrogens is 248 g/mol. The fourth-order valence-corrected chi connectivity index (χ4v) is 3.34. The van der Waals surface area contributed by atoms with Gasteiger partial charge in [0.1, 0.15) is 12.4 Å². The van der Waals surface area contributed by atoms with E-state index in [1.807, 2.05) is 0 Å². The van der Waals surface area contributed by atoms with E-state index in [9.17, 15) is 0 Å². The molecule has 0 spiro atoms. The van der Waals surface area contributed by atoms with Gasteiger partial charge in [-0.3, -0.25) is 0 Å². The Morgan fingerprint density at radius 2 is 2.35 bits per heavy atom. The summed E-state index contributed by atoms with van der Waals surface area (Å²) in [6.07, 6.45) is 5.21. The van der Waals surface area contributed by atoms with Crippen molar-refractivity contribution in [3.8, 4) is 5.75 Å². The third-order valence-electron chi connectivity index (χ3n) is 4.40. The highest BCUT2D eigenvalue weighted by atomic mass is 16.5. The van der Waals surface area contributed by atoms with Crippen LogP contribution < -0.4 is 10.1 Å². The molecule has 1 saturated heterocycles. The van der Waals surface area contributed by atoms with Gasteiger partial charge in [-0.1, -0.05) is 13.0 Å². The highest BCUT2D eigenvalue weighted by molar-refractivity contribution is 5.59. The Bertz CT molecular complexity index is 447. The quantitative estimate of drug-likeness (QED) is 0.913. The van der Waals surface area contributed by atoms with Gasteiger partial charge in [0.15, 0.2) is 0 Å². The van der Waals surface area contributed by atoms with Gasteiger partial charge in [0.2, 0.25) is 0 Å². The number of hydrogen-bond acceptors (Lipinski definition) is 3. The first-order valence-electron chi connectivity index (χ1n) is 8.03. The normalized spacial score (nSPS) is 22.8. The van der Waals surface area contributed by atoms with Crippen LogP contribution in [-0.4, -0.2) is 37.7 Å². The van der Waals surface area contributed by atoms with Gasteiger partial charge in [-0.15, -0.1) is 0 Å². The van der Waals surface area contributed by atoms with Gasteiger partial charge in [0, 0.05) is 13.1 Å². The van der Waals surface area contributed by atoms with Crippen molar-refractivity contribution >= 4 is 5.69 Å². The lowest BCUT2D eigenvalue weighted by molar-refractivity contribution is 0.182. The lowest BCUT2D eigenvalue weighted by Gasteiger charge is -2.30. The Morgan fingerprint density at radius 1 is 1.40 bits per heavy atom. The molecule has 0 bridgehead atoms. The van der Waals surface area contributed by atoms with E-state index in [2.05, 4.69) is 35.3 Å². The van der Waals surface area contributed by atoms with Crippen LogP contribution in [0.2, 0.25) is 0 Å². The topological polar surface area (TPSA) is 24.5 Å². The maximum absolute atomic E-state index is 5.62. The van der Waals surface area contributed by atoms with E-state index >= 15 is 0 Å². The van der Waals surface area contributed by atoms with Crippen LogP contribution in [0.15, 0.2) is 18.2 Å². The van der Waals surface area contributed by atoms with Gasteiger partial charge >= 0.3 is 0 Å². The maximum atomic E-state index is 5.62. The van der Waals surface area contributed by atoms with Crippen molar-refractivity contribution in [2.45, 2.75) is 32.6 Å². The number of ether oxygens (including phenoxy) is 1. The molecule has 1 atom stereocenters. The Balaban J connectivity index is 1.48. The van der Waals surface area contributed by atoms with Crippen molar-refractivity contribution in [2.24, 2.45) is 5.92 Å². The summed E-state index contributed by atoms with van der Waals surface area (Å²) in [5.74, 6) is 1.89. The first-order chi connectivity index (χ1) is 9.81. The molecule has 3 heteroatoms. The van der Waals surface area contributed by atoms with Crippen LogP contribution in [0.4, 0.5) is 5.69 Å². The molecule has 0 saturated carbocycles. The van der Waals surface area contributed by atoms with Gasteiger partial charge < -0.3 is 15.0 Å². The minimum Gasteiger partial charge on any atom is -0.490 e. The molecule has 0 aliphatic carbocycles. The second kappa shape index (κ2) is 6.49. The number of likely N-dealkylation sites (tertiary alicyclic amines) is 1. The molecule has 20 heavy (non-hydrogen) atoms. The van der Waals surface area contributed by atoms with E-state index < -0.39 is 0 Å². The molecule has 2 heterocycles. The van der Waals surface area contributed by atoms with E-state index in [0.29, 0.717) is 0 Å². The Morgan fingerprint density at radius 3 is 3.25 bits per heavy atom.